The maximum atomic E-state index is 13.1. The van der Waals surface area contributed by atoms with Gasteiger partial charge >= 0.3 is 0 Å². The Kier molecular flexibility index (Phi) is 5.90. The molecule has 0 atom stereocenters. The number of aryl methyl sites for hydroxylation is 1. The van der Waals surface area contributed by atoms with E-state index in [1.54, 1.807) is 12.1 Å². The summed E-state index contributed by atoms with van der Waals surface area (Å²) in [7, 11) is 1.47. The summed E-state index contributed by atoms with van der Waals surface area (Å²) < 4.78 is 33.4. The third-order valence-corrected chi connectivity index (χ3v) is 6.16. The van der Waals surface area contributed by atoms with E-state index in [9.17, 15) is 13.6 Å². The van der Waals surface area contributed by atoms with Crippen LogP contribution in [0.15, 0.2) is 35.7 Å². The number of nitrogens with zero attached hydrogens (tertiary/aromatic N) is 2. The number of carbonyl (C=O) groups is 1. The first-order valence-corrected chi connectivity index (χ1v) is 11.2. The number of rotatable bonds is 5. The van der Waals surface area contributed by atoms with Crippen LogP contribution in [0.4, 0.5) is 8.78 Å². The van der Waals surface area contributed by atoms with Crippen LogP contribution in [0.1, 0.15) is 42.5 Å². The first-order chi connectivity index (χ1) is 15.2. The van der Waals surface area contributed by atoms with Crippen molar-refractivity contribution in [1.29, 1.82) is 0 Å². The number of hydrogen-bond acceptors (Lipinski definition) is 4. The van der Waals surface area contributed by atoms with Crippen molar-refractivity contribution in [1.82, 2.24) is 14.9 Å². The average Bonchev–Trinajstić information content (AvgIpc) is 3.38. The molecule has 1 amide bonds. The van der Waals surface area contributed by atoms with Crippen LogP contribution in [0.25, 0.3) is 27.9 Å². The van der Waals surface area contributed by atoms with Crippen molar-refractivity contribution in [2.45, 2.75) is 33.7 Å². The fourth-order valence-electron chi connectivity index (χ4n) is 3.83. The number of halogens is 2. The second-order valence-electron chi connectivity index (χ2n) is 8.94. The molecule has 2 aromatic heterocycles. The monoisotopic (exact) mass is 457 g/mol. The lowest BCUT2D eigenvalue weighted by molar-refractivity contribution is 0.0924. The third kappa shape index (κ3) is 4.32. The maximum Gasteiger partial charge on any atom is 0.287 e. The summed E-state index contributed by atoms with van der Waals surface area (Å²) in [4.78, 5) is 18.7. The molecule has 0 saturated carbocycles. The van der Waals surface area contributed by atoms with Gasteiger partial charge in [-0.25, -0.2) is 4.98 Å². The number of nitrogens with one attached hydrogen (secondary N) is 1. The van der Waals surface area contributed by atoms with Gasteiger partial charge in [0.25, 0.3) is 12.0 Å². The van der Waals surface area contributed by atoms with Crippen LogP contribution in [0.5, 0.6) is 5.75 Å². The van der Waals surface area contributed by atoms with E-state index in [1.807, 2.05) is 42.9 Å². The van der Waals surface area contributed by atoms with Gasteiger partial charge in [0.1, 0.15) is 11.4 Å². The zero-order valence-corrected chi connectivity index (χ0v) is 19.3. The lowest BCUT2D eigenvalue weighted by atomic mass is 9.94. The fraction of sp³-hybridized carbons (Fsp3) is 0.333. The Labute approximate surface area is 189 Å². The van der Waals surface area contributed by atoms with E-state index in [1.165, 1.54) is 18.4 Å². The molecule has 0 spiro atoms. The minimum atomic E-state index is -1.80. The van der Waals surface area contributed by atoms with E-state index in [-0.39, 0.29) is 16.9 Å². The van der Waals surface area contributed by atoms with Gasteiger partial charge in [-0.05, 0) is 41.0 Å². The summed E-state index contributed by atoms with van der Waals surface area (Å²) in [5, 5.41) is 4.93. The molecule has 3 heterocycles. The molecule has 0 aliphatic carbocycles. The molecule has 8 heteroatoms. The van der Waals surface area contributed by atoms with Gasteiger partial charge in [0.05, 0.1) is 17.7 Å². The van der Waals surface area contributed by atoms with Crippen molar-refractivity contribution in [2.75, 3.05) is 13.7 Å². The van der Waals surface area contributed by atoms with E-state index < -0.39 is 6.08 Å². The summed E-state index contributed by atoms with van der Waals surface area (Å²) >= 11 is 1.52. The minimum Gasteiger partial charge on any atom is -0.496 e. The molecule has 168 valence electrons. The Balaban J connectivity index is 1.89. The first kappa shape index (κ1) is 22.2. The minimum absolute atomic E-state index is 0.0651. The molecule has 1 aliphatic heterocycles. The smallest absolute Gasteiger partial charge is 0.287 e. The van der Waals surface area contributed by atoms with Crippen molar-refractivity contribution in [3.05, 3.63) is 52.7 Å². The summed E-state index contributed by atoms with van der Waals surface area (Å²) in [6.07, 6.45) is -0.357. The summed E-state index contributed by atoms with van der Waals surface area (Å²) in [5.74, 6) is 0.490. The standard InChI is InChI=1S/C24H25F2N3O2S/c1-24(2,3)13-27-23(30)22-28-20(18-6-5-9-32-18)21-16-10-15(12-19(25)26)17(31-4)11-14(16)7-8-29(21)22/h5-6,9-12H,7-8,13H2,1-4H3,(H,27,30). The van der Waals surface area contributed by atoms with Gasteiger partial charge in [0.15, 0.2) is 5.82 Å². The summed E-state index contributed by atoms with van der Waals surface area (Å²) in [6, 6.07) is 7.38. The molecule has 0 fully saturated rings. The molecule has 32 heavy (non-hydrogen) atoms. The molecule has 1 aromatic carbocycles. The molecular formula is C24H25F2N3O2S. The topological polar surface area (TPSA) is 56.1 Å². The lowest BCUT2D eigenvalue weighted by Gasteiger charge is -2.23. The van der Waals surface area contributed by atoms with Crippen LogP contribution in [-0.2, 0) is 13.0 Å². The normalized spacial score (nSPS) is 12.7. The van der Waals surface area contributed by atoms with Crippen molar-refractivity contribution in [3.8, 4) is 27.6 Å². The summed E-state index contributed by atoms with van der Waals surface area (Å²) in [6.45, 7) is 7.23. The predicted octanol–water partition coefficient (Wildman–Crippen LogP) is 5.86. The number of carbonyl (C=O) groups excluding carboxylic acids is 1. The zero-order chi connectivity index (χ0) is 23.0. The van der Waals surface area contributed by atoms with Crippen molar-refractivity contribution in [2.24, 2.45) is 5.41 Å². The Morgan fingerprint density at radius 1 is 1.34 bits per heavy atom. The number of aromatic nitrogens is 2. The van der Waals surface area contributed by atoms with Crippen LogP contribution < -0.4 is 10.1 Å². The molecule has 1 aliphatic rings. The quantitative estimate of drug-likeness (QED) is 0.522. The third-order valence-electron chi connectivity index (χ3n) is 5.28. The molecule has 0 unspecified atom stereocenters. The highest BCUT2D eigenvalue weighted by Crippen LogP contribution is 2.42. The van der Waals surface area contributed by atoms with E-state index in [4.69, 9.17) is 9.72 Å². The van der Waals surface area contributed by atoms with E-state index in [2.05, 4.69) is 5.32 Å². The highest BCUT2D eigenvalue weighted by molar-refractivity contribution is 7.13. The fourth-order valence-corrected chi connectivity index (χ4v) is 4.55. The van der Waals surface area contributed by atoms with Gasteiger partial charge in [-0.1, -0.05) is 26.8 Å². The predicted molar refractivity (Wildman–Crippen MR) is 123 cm³/mol. The number of benzene rings is 1. The number of imidazole rings is 1. The lowest BCUT2D eigenvalue weighted by Crippen LogP contribution is -2.34. The molecule has 5 nitrogen and oxygen atoms in total. The molecule has 1 N–H and O–H groups in total. The Morgan fingerprint density at radius 2 is 2.12 bits per heavy atom. The van der Waals surface area contributed by atoms with E-state index >= 15 is 0 Å². The van der Waals surface area contributed by atoms with Crippen LogP contribution in [0, 0.1) is 5.41 Å². The van der Waals surface area contributed by atoms with Crippen molar-refractivity contribution < 1.29 is 18.3 Å². The van der Waals surface area contributed by atoms with E-state index in [0.29, 0.717) is 36.8 Å². The molecule has 0 radical (unpaired) electrons. The van der Waals surface area contributed by atoms with Gasteiger partial charge in [-0.2, -0.15) is 8.78 Å². The number of fused-ring (bicyclic) bond motifs is 3. The molecule has 0 saturated heterocycles. The van der Waals surface area contributed by atoms with Crippen molar-refractivity contribution >= 4 is 23.3 Å². The number of methoxy groups -OCH3 is 1. The Morgan fingerprint density at radius 3 is 2.75 bits per heavy atom. The van der Waals surface area contributed by atoms with Crippen LogP contribution in [0.2, 0.25) is 0 Å². The second-order valence-corrected chi connectivity index (χ2v) is 9.89. The molecule has 4 rings (SSSR count). The highest BCUT2D eigenvalue weighted by atomic mass is 32.1. The molecule has 3 aromatic rings. The highest BCUT2D eigenvalue weighted by Gasteiger charge is 2.30. The van der Waals surface area contributed by atoms with Crippen LogP contribution in [-0.4, -0.2) is 29.1 Å². The van der Waals surface area contributed by atoms with Crippen LogP contribution >= 0.6 is 11.3 Å². The first-order valence-electron chi connectivity index (χ1n) is 10.3. The molecule has 0 bridgehead atoms. The Hall–Kier alpha value is -3.00. The SMILES string of the molecule is COc1cc2c(cc1C=C(F)F)-c1c(-c3cccs3)nc(C(=O)NCC(C)(C)C)n1CC2. The second kappa shape index (κ2) is 8.50. The molecular weight excluding hydrogens is 432 g/mol. The van der Waals surface area contributed by atoms with E-state index in [0.717, 1.165) is 27.8 Å². The van der Waals surface area contributed by atoms with Gasteiger partial charge in [-0.3, -0.25) is 4.79 Å². The van der Waals surface area contributed by atoms with Crippen LogP contribution in [0.3, 0.4) is 0 Å². The average molecular weight is 458 g/mol. The number of amides is 1. The van der Waals surface area contributed by atoms with Gasteiger partial charge < -0.3 is 14.6 Å². The summed E-state index contributed by atoms with van der Waals surface area (Å²) in [5.41, 5.74) is 3.44. The van der Waals surface area contributed by atoms with Gasteiger partial charge in [0.2, 0.25) is 0 Å². The Bertz CT molecular complexity index is 1190. The van der Waals surface area contributed by atoms with Crippen molar-refractivity contribution in [3.63, 3.8) is 0 Å². The van der Waals surface area contributed by atoms with Gasteiger partial charge in [0, 0.05) is 30.3 Å². The number of ether oxygens (including phenoxy) is 1. The zero-order valence-electron chi connectivity index (χ0n) is 18.5. The van der Waals surface area contributed by atoms with Gasteiger partial charge in [-0.15, -0.1) is 11.3 Å². The largest absolute Gasteiger partial charge is 0.496 e. The maximum absolute atomic E-state index is 13.1. The number of hydrogen-bond donors (Lipinski definition) is 1. The number of thiophene rings is 1.